The second-order valence-corrected chi connectivity index (χ2v) is 5.91. The smallest absolute Gasteiger partial charge is 0.0540 e. The third-order valence-electron chi connectivity index (χ3n) is 2.35. The molecule has 0 amide bonds. The van der Waals surface area contributed by atoms with Crippen molar-refractivity contribution in [2.75, 3.05) is 5.08 Å². The lowest BCUT2D eigenvalue weighted by Gasteiger charge is -2.02. The van der Waals surface area contributed by atoms with Gasteiger partial charge in [0.15, 0.2) is 0 Å². The Morgan fingerprint density at radius 3 is 2.92 bits per heavy atom. The van der Waals surface area contributed by atoms with Crippen molar-refractivity contribution in [2.24, 2.45) is 0 Å². The minimum Gasteiger partial charge on any atom is -0.114 e. The Morgan fingerprint density at radius 2 is 2.08 bits per heavy atom. The summed E-state index contributed by atoms with van der Waals surface area (Å²) in [6, 6.07) is 6.86. The highest BCUT2D eigenvalue weighted by Crippen LogP contribution is 2.29. The number of aryl methyl sites for hydroxylation is 2. The molecule has 0 fully saturated rings. The molecule has 0 atom stereocenters. The van der Waals surface area contributed by atoms with E-state index in [1.54, 1.807) is 21.9 Å². The Bertz CT molecular complexity index is 296. The Balaban J connectivity index is 2.12. The van der Waals surface area contributed by atoms with Gasteiger partial charge >= 0.3 is 0 Å². The molecule has 0 radical (unpaired) electrons. The van der Waals surface area contributed by atoms with Gasteiger partial charge in [-0.1, -0.05) is 16.9 Å². The summed E-state index contributed by atoms with van der Waals surface area (Å²) in [6.07, 6.45) is 3.89. The first-order valence-electron chi connectivity index (χ1n) is 4.41. The third-order valence-corrected chi connectivity index (χ3v) is 4.78. The minimum atomic E-state index is 1.03. The van der Waals surface area contributed by atoms with Crippen LogP contribution < -0.4 is 0 Å². The number of benzene rings is 1. The van der Waals surface area contributed by atoms with Crippen LogP contribution in [0.4, 0.5) is 0 Å². The van der Waals surface area contributed by atoms with Crippen molar-refractivity contribution in [1.82, 2.24) is 0 Å². The molecule has 0 N–H and O–H groups in total. The van der Waals surface area contributed by atoms with Gasteiger partial charge in [-0.2, -0.15) is 0 Å². The van der Waals surface area contributed by atoms with Gasteiger partial charge in [-0.05, 0) is 42.5 Å². The monoisotopic (exact) mass is 228 g/mol. The normalized spacial score (nSPS) is 14.5. The maximum atomic E-state index is 4.13. The highest BCUT2D eigenvalue weighted by atomic mass is 33.1. The average molecular weight is 228 g/mol. The van der Waals surface area contributed by atoms with E-state index in [2.05, 4.69) is 29.9 Å². The van der Waals surface area contributed by atoms with Gasteiger partial charge in [-0.3, -0.25) is 0 Å². The van der Waals surface area contributed by atoms with Crippen LogP contribution in [0.25, 0.3) is 0 Å². The summed E-state index contributed by atoms with van der Waals surface area (Å²) in [5.41, 5.74) is 3.12. The van der Waals surface area contributed by atoms with Gasteiger partial charge in [0.05, 0.1) is 5.08 Å². The summed E-state index contributed by atoms with van der Waals surface area (Å²) >= 11 is 6.00. The topological polar surface area (TPSA) is 0 Å². The van der Waals surface area contributed by atoms with E-state index in [0.29, 0.717) is 0 Å². The van der Waals surface area contributed by atoms with Crippen molar-refractivity contribution in [3.63, 3.8) is 0 Å². The second-order valence-electron chi connectivity index (χ2n) is 3.18. The molecule has 13 heavy (non-hydrogen) atoms. The number of rotatable bonds is 3. The van der Waals surface area contributed by atoms with Crippen molar-refractivity contribution >= 4 is 34.2 Å². The van der Waals surface area contributed by atoms with Crippen molar-refractivity contribution < 1.29 is 0 Å². The molecule has 2 rings (SSSR count). The van der Waals surface area contributed by atoms with Crippen molar-refractivity contribution in [3.8, 4) is 0 Å². The molecule has 3 heteroatoms. The van der Waals surface area contributed by atoms with E-state index in [-0.39, 0.29) is 0 Å². The van der Waals surface area contributed by atoms with Crippen LogP contribution in [0.15, 0.2) is 23.1 Å². The van der Waals surface area contributed by atoms with Crippen LogP contribution in [-0.2, 0) is 12.8 Å². The lowest BCUT2D eigenvalue weighted by Crippen LogP contribution is -1.82. The van der Waals surface area contributed by atoms with Crippen LogP contribution in [0, 0.1) is 0 Å². The molecule has 0 bridgehead atoms. The van der Waals surface area contributed by atoms with Crippen LogP contribution in [0.2, 0.25) is 0 Å². The molecule has 0 aromatic heterocycles. The highest BCUT2D eigenvalue weighted by molar-refractivity contribution is 8.70. The van der Waals surface area contributed by atoms with E-state index in [4.69, 9.17) is 0 Å². The molecule has 0 unspecified atom stereocenters. The summed E-state index contributed by atoms with van der Waals surface area (Å²) in [4.78, 5) is 1.39. The molecule has 0 aliphatic heterocycles. The summed E-state index contributed by atoms with van der Waals surface area (Å²) in [6.45, 7) is 0. The fourth-order valence-corrected chi connectivity index (χ4v) is 3.35. The zero-order valence-electron chi connectivity index (χ0n) is 7.32. The van der Waals surface area contributed by atoms with Crippen LogP contribution in [0.3, 0.4) is 0 Å². The largest absolute Gasteiger partial charge is 0.114 e. The summed E-state index contributed by atoms with van der Waals surface area (Å²) in [5.74, 6) is 0. The molecule has 0 heterocycles. The summed E-state index contributed by atoms with van der Waals surface area (Å²) < 4.78 is 0. The fraction of sp³-hybridized carbons (Fsp3) is 0.400. The highest BCUT2D eigenvalue weighted by Gasteiger charge is 2.10. The maximum absolute atomic E-state index is 4.13. The van der Waals surface area contributed by atoms with Crippen molar-refractivity contribution in [2.45, 2.75) is 24.2 Å². The molecule has 0 spiro atoms. The average Bonchev–Trinajstić information content (AvgIpc) is 2.61. The van der Waals surface area contributed by atoms with E-state index in [9.17, 15) is 0 Å². The Labute approximate surface area is 92.7 Å². The van der Waals surface area contributed by atoms with Crippen molar-refractivity contribution in [3.05, 3.63) is 29.3 Å². The number of thioether (sulfide) groups is 1. The van der Waals surface area contributed by atoms with E-state index in [0.717, 1.165) is 5.08 Å². The van der Waals surface area contributed by atoms with Gasteiger partial charge in [0.1, 0.15) is 0 Å². The molecular formula is C10H12S3. The predicted octanol–water partition coefficient (Wildman–Crippen LogP) is 3.80. The van der Waals surface area contributed by atoms with E-state index in [1.807, 2.05) is 11.8 Å². The van der Waals surface area contributed by atoms with Crippen molar-refractivity contribution in [1.29, 1.82) is 0 Å². The number of fused-ring (bicyclic) bond motifs is 1. The molecule has 0 nitrogen and oxygen atoms in total. The second kappa shape index (κ2) is 4.67. The molecule has 70 valence electrons. The van der Waals surface area contributed by atoms with E-state index < -0.39 is 0 Å². The first-order chi connectivity index (χ1) is 6.40. The first kappa shape index (κ1) is 9.81. The fourth-order valence-electron chi connectivity index (χ4n) is 1.73. The van der Waals surface area contributed by atoms with Gasteiger partial charge in [-0.15, -0.1) is 23.4 Å². The van der Waals surface area contributed by atoms with Crippen LogP contribution >= 0.6 is 34.2 Å². The minimum absolute atomic E-state index is 1.03. The zero-order chi connectivity index (χ0) is 9.10. The predicted molar refractivity (Wildman–Crippen MR) is 65.8 cm³/mol. The van der Waals surface area contributed by atoms with E-state index in [1.165, 1.54) is 24.2 Å². The number of thiol groups is 1. The van der Waals surface area contributed by atoms with Crippen LogP contribution in [-0.4, -0.2) is 5.08 Å². The molecule has 0 saturated carbocycles. The van der Waals surface area contributed by atoms with Gasteiger partial charge in [-0.25, -0.2) is 0 Å². The van der Waals surface area contributed by atoms with Gasteiger partial charge in [0.25, 0.3) is 0 Å². The summed E-state index contributed by atoms with van der Waals surface area (Å²) in [5, 5.41) is 1.03. The SMILES string of the molecule is SSCSc1ccc2c(c1)CCC2. The Hall–Kier alpha value is 0.270. The van der Waals surface area contributed by atoms with Gasteiger partial charge in [0.2, 0.25) is 0 Å². The Kier molecular flexibility index (Phi) is 3.52. The number of hydrogen-bond donors (Lipinski definition) is 1. The maximum Gasteiger partial charge on any atom is 0.0540 e. The van der Waals surface area contributed by atoms with E-state index >= 15 is 0 Å². The lowest BCUT2D eigenvalue weighted by atomic mass is 10.1. The third kappa shape index (κ3) is 2.39. The summed E-state index contributed by atoms with van der Waals surface area (Å²) in [7, 11) is 1.59. The van der Waals surface area contributed by atoms with Gasteiger partial charge < -0.3 is 0 Å². The molecule has 1 aliphatic carbocycles. The van der Waals surface area contributed by atoms with Gasteiger partial charge in [0, 0.05) is 4.90 Å². The molecule has 0 saturated heterocycles. The standard InChI is InChI=1S/C10H12S3/c11-13-7-12-10-5-4-8-2-1-3-9(8)6-10/h4-6,11H,1-3,7H2. The number of hydrogen-bond acceptors (Lipinski definition) is 3. The molecule has 1 aromatic rings. The molecule has 1 aliphatic rings. The Morgan fingerprint density at radius 1 is 1.23 bits per heavy atom. The van der Waals surface area contributed by atoms with Crippen LogP contribution in [0.5, 0.6) is 0 Å². The zero-order valence-corrected chi connectivity index (χ0v) is 9.85. The first-order valence-corrected chi connectivity index (χ1v) is 7.43. The quantitative estimate of drug-likeness (QED) is 0.362. The van der Waals surface area contributed by atoms with Crippen LogP contribution in [0.1, 0.15) is 17.5 Å². The molecule has 1 aromatic carbocycles. The molecular weight excluding hydrogens is 216 g/mol. The lowest BCUT2D eigenvalue weighted by molar-refractivity contribution is 0.911.